The molecule has 1 atom stereocenters. The molecule has 0 radical (unpaired) electrons. The van der Waals surface area contributed by atoms with Crippen molar-refractivity contribution in [1.29, 1.82) is 0 Å². The number of hydrazone groups is 1. The predicted molar refractivity (Wildman–Crippen MR) is 87.5 cm³/mol. The number of hydrogen-bond acceptors (Lipinski definition) is 5. The summed E-state index contributed by atoms with van der Waals surface area (Å²) < 4.78 is 9.60. The Morgan fingerprint density at radius 3 is 2.26 bits per heavy atom. The molecule has 0 spiro atoms. The lowest BCUT2D eigenvalue weighted by molar-refractivity contribution is -0.125. The molecule has 1 rings (SSSR count). The minimum absolute atomic E-state index is 0.423. The summed E-state index contributed by atoms with van der Waals surface area (Å²) >= 11 is 0. The first kappa shape index (κ1) is 18.5. The molecule has 7 heteroatoms. The van der Waals surface area contributed by atoms with Gasteiger partial charge in [0.25, 0.3) is 5.91 Å². The fourth-order valence-corrected chi connectivity index (χ4v) is 1.78. The normalized spacial score (nSPS) is 12.6. The largest absolute Gasteiger partial charge is 0.497 e. The molecule has 0 heterocycles. The Bertz CT molecular complexity index is 562. The highest BCUT2D eigenvalue weighted by molar-refractivity contribution is 5.88. The van der Waals surface area contributed by atoms with Crippen LogP contribution in [0.25, 0.3) is 0 Å². The number of benzene rings is 1. The molecule has 2 N–H and O–H groups in total. The van der Waals surface area contributed by atoms with Crippen LogP contribution in [0.2, 0.25) is 0 Å². The summed E-state index contributed by atoms with van der Waals surface area (Å²) in [6, 6.07) is 6.42. The summed E-state index contributed by atoms with van der Waals surface area (Å²) in [5.41, 5.74) is 2.74. The van der Waals surface area contributed by atoms with Crippen LogP contribution in [0.5, 0.6) is 5.75 Å². The summed E-state index contributed by atoms with van der Waals surface area (Å²) in [5.74, 6) is 0.314. The molecule has 0 aromatic heterocycles. The number of nitrogens with zero attached hydrogens (tertiary/aromatic N) is 1. The van der Waals surface area contributed by atoms with Crippen molar-refractivity contribution in [3.05, 3.63) is 29.8 Å². The summed E-state index contributed by atoms with van der Waals surface area (Å²) in [4.78, 5) is 23.6. The smallest absolute Gasteiger partial charge is 0.407 e. The fraction of sp³-hybridized carbons (Fsp3) is 0.438. The molecule has 1 aromatic carbocycles. The lowest BCUT2D eigenvalue weighted by Crippen LogP contribution is -2.52. The standard InChI is InChI=1S/C16H23N3O4/c1-16(2,3)13(18-15(21)23-5)14(20)19-17-10-11-6-8-12(22-4)9-7-11/h6-10,13H,1-5H3,(H,18,21)(H,19,20)/b17-10+/t13-/m1/s1. The zero-order valence-electron chi connectivity index (χ0n) is 14.0. The van der Waals surface area contributed by atoms with E-state index in [9.17, 15) is 9.59 Å². The van der Waals surface area contributed by atoms with Gasteiger partial charge in [0.2, 0.25) is 0 Å². The van der Waals surface area contributed by atoms with Crippen molar-refractivity contribution >= 4 is 18.2 Å². The number of amides is 2. The molecular formula is C16H23N3O4. The lowest BCUT2D eigenvalue weighted by atomic mass is 9.86. The van der Waals surface area contributed by atoms with Crippen molar-refractivity contribution in [1.82, 2.24) is 10.7 Å². The van der Waals surface area contributed by atoms with Gasteiger partial charge in [0.15, 0.2) is 0 Å². The van der Waals surface area contributed by atoms with Crippen LogP contribution in [0, 0.1) is 5.41 Å². The maximum atomic E-state index is 12.2. The third kappa shape index (κ3) is 5.98. The third-order valence-electron chi connectivity index (χ3n) is 3.08. The van der Waals surface area contributed by atoms with Crippen molar-refractivity contribution in [2.24, 2.45) is 10.5 Å². The van der Waals surface area contributed by atoms with Gasteiger partial charge in [-0.3, -0.25) is 4.79 Å². The van der Waals surface area contributed by atoms with Crippen molar-refractivity contribution < 1.29 is 19.1 Å². The van der Waals surface area contributed by atoms with Crippen LogP contribution in [0.4, 0.5) is 4.79 Å². The monoisotopic (exact) mass is 321 g/mol. The Labute approximate surface area is 136 Å². The number of carbonyl (C=O) groups is 2. The van der Waals surface area contributed by atoms with Gasteiger partial charge in [0.1, 0.15) is 11.8 Å². The molecule has 0 bridgehead atoms. The Hall–Kier alpha value is -2.57. The molecule has 0 unspecified atom stereocenters. The lowest BCUT2D eigenvalue weighted by Gasteiger charge is -2.28. The molecule has 0 fully saturated rings. The topological polar surface area (TPSA) is 89.0 Å². The number of hydrogen-bond donors (Lipinski definition) is 2. The van der Waals surface area contributed by atoms with Gasteiger partial charge in [0, 0.05) is 0 Å². The first-order valence-corrected chi connectivity index (χ1v) is 7.09. The van der Waals surface area contributed by atoms with Crippen LogP contribution in [0.15, 0.2) is 29.4 Å². The minimum Gasteiger partial charge on any atom is -0.497 e. The number of methoxy groups -OCH3 is 2. The summed E-state index contributed by atoms with van der Waals surface area (Å²) in [6.45, 7) is 5.50. The maximum Gasteiger partial charge on any atom is 0.407 e. The van der Waals surface area contributed by atoms with E-state index >= 15 is 0 Å². The summed E-state index contributed by atoms with van der Waals surface area (Å²) in [7, 11) is 2.83. The molecule has 0 aliphatic rings. The second kappa shape index (κ2) is 8.17. The van der Waals surface area contributed by atoms with Crippen LogP contribution < -0.4 is 15.5 Å². The van der Waals surface area contributed by atoms with Crippen LogP contribution >= 0.6 is 0 Å². The van der Waals surface area contributed by atoms with Crippen LogP contribution in [0.1, 0.15) is 26.3 Å². The molecule has 0 saturated heterocycles. The van der Waals surface area contributed by atoms with Crippen molar-refractivity contribution in [2.75, 3.05) is 14.2 Å². The zero-order chi connectivity index (χ0) is 17.5. The Balaban J connectivity index is 2.70. The van der Waals surface area contributed by atoms with E-state index in [1.165, 1.54) is 13.3 Å². The second-order valence-electron chi connectivity index (χ2n) is 5.94. The number of alkyl carbamates (subject to hydrolysis) is 1. The summed E-state index contributed by atoms with van der Waals surface area (Å²) in [6.07, 6.45) is 0.842. The molecular weight excluding hydrogens is 298 g/mol. The quantitative estimate of drug-likeness (QED) is 0.640. The molecule has 1 aromatic rings. The summed E-state index contributed by atoms with van der Waals surface area (Å²) in [5, 5.41) is 6.41. The third-order valence-corrected chi connectivity index (χ3v) is 3.08. The van der Waals surface area contributed by atoms with Crippen molar-refractivity contribution in [2.45, 2.75) is 26.8 Å². The van der Waals surface area contributed by atoms with Gasteiger partial charge in [-0.15, -0.1) is 0 Å². The number of nitrogens with one attached hydrogen (secondary N) is 2. The number of rotatable bonds is 5. The molecule has 23 heavy (non-hydrogen) atoms. The highest BCUT2D eigenvalue weighted by Crippen LogP contribution is 2.19. The van der Waals surface area contributed by atoms with E-state index in [-0.39, 0.29) is 0 Å². The van der Waals surface area contributed by atoms with Gasteiger partial charge in [-0.05, 0) is 35.2 Å². The van der Waals surface area contributed by atoms with Crippen LogP contribution in [-0.2, 0) is 9.53 Å². The minimum atomic E-state index is -0.775. The van der Waals surface area contributed by atoms with E-state index < -0.39 is 23.5 Å². The van der Waals surface area contributed by atoms with Crippen molar-refractivity contribution in [3.63, 3.8) is 0 Å². The van der Waals surface area contributed by atoms with E-state index in [2.05, 4.69) is 20.6 Å². The molecule has 2 amide bonds. The van der Waals surface area contributed by atoms with Gasteiger partial charge in [-0.2, -0.15) is 5.10 Å². The SMILES string of the molecule is COC(=O)N[C@H](C(=O)N/N=C/c1ccc(OC)cc1)C(C)(C)C. The molecule has 0 aliphatic heterocycles. The molecule has 126 valence electrons. The van der Waals surface area contributed by atoms with E-state index in [0.717, 1.165) is 11.3 Å². The van der Waals surface area contributed by atoms with Gasteiger partial charge >= 0.3 is 6.09 Å². The first-order chi connectivity index (χ1) is 10.8. The van der Waals surface area contributed by atoms with Crippen LogP contribution in [0.3, 0.4) is 0 Å². The van der Waals surface area contributed by atoms with E-state index in [4.69, 9.17) is 4.74 Å². The highest BCUT2D eigenvalue weighted by atomic mass is 16.5. The Morgan fingerprint density at radius 1 is 1.17 bits per heavy atom. The highest BCUT2D eigenvalue weighted by Gasteiger charge is 2.33. The van der Waals surface area contributed by atoms with E-state index in [1.807, 2.05) is 32.9 Å². The molecule has 7 nitrogen and oxygen atoms in total. The fourth-order valence-electron chi connectivity index (χ4n) is 1.78. The number of ether oxygens (including phenoxy) is 2. The van der Waals surface area contributed by atoms with E-state index in [1.54, 1.807) is 19.2 Å². The Kier molecular flexibility index (Phi) is 6.56. The van der Waals surface area contributed by atoms with Crippen LogP contribution in [-0.4, -0.2) is 38.5 Å². The Morgan fingerprint density at radius 2 is 1.78 bits per heavy atom. The van der Waals surface area contributed by atoms with Gasteiger partial charge in [0.05, 0.1) is 20.4 Å². The van der Waals surface area contributed by atoms with Gasteiger partial charge in [-0.25, -0.2) is 10.2 Å². The molecule has 0 saturated carbocycles. The van der Waals surface area contributed by atoms with Gasteiger partial charge in [-0.1, -0.05) is 20.8 Å². The molecule has 0 aliphatic carbocycles. The average Bonchev–Trinajstić information content (AvgIpc) is 2.51. The maximum absolute atomic E-state index is 12.2. The second-order valence-corrected chi connectivity index (χ2v) is 5.94. The van der Waals surface area contributed by atoms with Gasteiger partial charge < -0.3 is 14.8 Å². The first-order valence-electron chi connectivity index (χ1n) is 7.09. The zero-order valence-corrected chi connectivity index (χ0v) is 14.0. The van der Waals surface area contributed by atoms with E-state index in [0.29, 0.717) is 0 Å². The average molecular weight is 321 g/mol. The van der Waals surface area contributed by atoms with Crippen molar-refractivity contribution in [3.8, 4) is 5.75 Å². The number of carbonyl (C=O) groups excluding carboxylic acids is 2. The predicted octanol–water partition coefficient (Wildman–Crippen LogP) is 1.92.